The quantitative estimate of drug-likeness (QED) is 0.896. The first-order chi connectivity index (χ1) is 8.46. The van der Waals surface area contributed by atoms with Crippen molar-refractivity contribution in [1.29, 1.82) is 0 Å². The third kappa shape index (κ3) is 2.91. The Morgan fingerprint density at radius 2 is 1.94 bits per heavy atom. The van der Waals surface area contributed by atoms with Crippen molar-refractivity contribution < 1.29 is 17.9 Å². The lowest BCUT2D eigenvalue weighted by molar-refractivity contribution is -0.274. The van der Waals surface area contributed by atoms with Crippen molar-refractivity contribution in [2.45, 2.75) is 6.36 Å². The lowest BCUT2D eigenvalue weighted by Gasteiger charge is -2.09. The summed E-state index contributed by atoms with van der Waals surface area (Å²) < 4.78 is 40.0. The van der Waals surface area contributed by atoms with Gasteiger partial charge in [-0.3, -0.25) is 4.79 Å². The highest BCUT2D eigenvalue weighted by Crippen LogP contribution is 2.26. The van der Waals surface area contributed by atoms with E-state index in [0.717, 1.165) is 6.07 Å². The van der Waals surface area contributed by atoms with Gasteiger partial charge in [0.1, 0.15) is 5.75 Å². The smallest absolute Gasteiger partial charge is 0.406 e. The van der Waals surface area contributed by atoms with Crippen molar-refractivity contribution >= 4 is 0 Å². The Morgan fingerprint density at radius 3 is 2.61 bits per heavy atom. The van der Waals surface area contributed by atoms with Gasteiger partial charge in [-0.15, -0.1) is 13.2 Å². The first-order valence-electron chi connectivity index (χ1n) is 4.99. The molecule has 0 aliphatic heterocycles. The molecular weight excluding hydrogens is 247 g/mol. The fraction of sp³-hybridized carbons (Fsp3) is 0.0833. The van der Waals surface area contributed by atoms with Crippen LogP contribution in [0, 0.1) is 0 Å². The maximum absolute atomic E-state index is 12.1. The van der Waals surface area contributed by atoms with Gasteiger partial charge in [-0.2, -0.15) is 0 Å². The van der Waals surface area contributed by atoms with E-state index < -0.39 is 6.36 Å². The summed E-state index contributed by atoms with van der Waals surface area (Å²) in [6.45, 7) is 0. The summed E-state index contributed by atoms with van der Waals surface area (Å²) in [6.07, 6.45) is -1.88. The van der Waals surface area contributed by atoms with Gasteiger partial charge in [0.2, 0.25) is 0 Å². The topological polar surface area (TPSA) is 42.1 Å². The molecule has 0 saturated carbocycles. The van der Waals surface area contributed by atoms with E-state index >= 15 is 0 Å². The molecule has 0 unspecified atom stereocenters. The average Bonchev–Trinajstić information content (AvgIpc) is 2.27. The number of alkyl halides is 3. The molecule has 0 aliphatic carbocycles. The Morgan fingerprint density at radius 1 is 1.17 bits per heavy atom. The van der Waals surface area contributed by atoms with E-state index in [1.54, 1.807) is 0 Å². The average molecular weight is 255 g/mol. The summed E-state index contributed by atoms with van der Waals surface area (Å²) in [6, 6.07) is 6.56. The summed E-state index contributed by atoms with van der Waals surface area (Å²) in [5.74, 6) is -0.358. The van der Waals surface area contributed by atoms with Crippen LogP contribution in [0.2, 0.25) is 0 Å². The van der Waals surface area contributed by atoms with Crippen LogP contribution in [-0.2, 0) is 0 Å². The van der Waals surface area contributed by atoms with Crippen LogP contribution in [0.3, 0.4) is 0 Å². The number of nitrogens with one attached hydrogen (secondary N) is 1. The molecule has 3 nitrogen and oxygen atoms in total. The number of ether oxygens (including phenoxy) is 1. The summed E-state index contributed by atoms with van der Waals surface area (Å²) >= 11 is 0. The number of H-pyrrole nitrogens is 1. The number of rotatable bonds is 2. The minimum Gasteiger partial charge on any atom is -0.406 e. The highest BCUT2D eigenvalue weighted by atomic mass is 19.4. The van der Waals surface area contributed by atoms with Gasteiger partial charge in [0.05, 0.1) is 0 Å². The van der Waals surface area contributed by atoms with Gasteiger partial charge in [-0.05, 0) is 17.7 Å². The van der Waals surface area contributed by atoms with E-state index in [9.17, 15) is 18.0 Å². The standard InChI is InChI=1S/C12H8F3NO2/c13-12(14,15)18-9-3-1-2-8(6-9)10-7-16-5-4-11(10)17/h1-7H,(H,16,17). The zero-order valence-corrected chi connectivity index (χ0v) is 8.99. The molecule has 0 fully saturated rings. The molecule has 0 aliphatic rings. The Balaban J connectivity index is 2.39. The maximum Gasteiger partial charge on any atom is 0.573 e. The van der Waals surface area contributed by atoms with Crippen molar-refractivity contribution in [1.82, 2.24) is 4.98 Å². The van der Waals surface area contributed by atoms with Crippen molar-refractivity contribution in [3.05, 3.63) is 52.9 Å². The molecule has 0 atom stereocenters. The molecule has 1 aromatic carbocycles. The van der Waals surface area contributed by atoms with Crippen LogP contribution in [0.4, 0.5) is 13.2 Å². The van der Waals surface area contributed by atoms with Crippen molar-refractivity contribution in [2.75, 3.05) is 0 Å². The summed E-state index contributed by atoms with van der Waals surface area (Å²) in [5.41, 5.74) is 0.363. The predicted molar refractivity (Wildman–Crippen MR) is 59.2 cm³/mol. The third-order valence-corrected chi connectivity index (χ3v) is 2.20. The minimum atomic E-state index is -4.75. The number of aromatic amines is 1. The van der Waals surface area contributed by atoms with E-state index in [2.05, 4.69) is 9.72 Å². The van der Waals surface area contributed by atoms with Gasteiger partial charge in [0.15, 0.2) is 5.43 Å². The molecule has 18 heavy (non-hydrogen) atoms. The number of benzene rings is 1. The zero-order chi connectivity index (χ0) is 13.2. The first-order valence-corrected chi connectivity index (χ1v) is 4.99. The summed E-state index contributed by atoms with van der Waals surface area (Å²) in [7, 11) is 0. The van der Waals surface area contributed by atoms with Crippen LogP contribution < -0.4 is 10.2 Å². The van der Waals surface area contributed by atoms with Gasteiger partial charge >= 0.3 is 6.36 Å². The van der Waals surface area contributed by atoms with Crippen molar-refractivity contribution in [2.24, 2.45) is 0 Å². The molecule has 2 rings (SSSR count). The molecule has 0 spiro atoms. The Hall–Kier alpha value is -2.24. The monoisotopic (exact) mass is 255 g/mol. The van der Waals surface area contributed by atoms with Crippen LogP contribution in [-0.4, -0.2) is 11.3 Å². The molecule has 0 radical (unpaired) electrons. The third-order valence-electron chi connectivity index (χ3n) is 2.20. The molecule has 0 amide bonds. The molecule has 1 N–H and O–H groups in total. The second kappa shape index (κ2) is 4.56. The van der Waals surface area contributed by atoms with Crippen molar-refractivity contribution in [3.63, 3.8) is 0 Å². The fourth-order valence-corrected chi connectivity index (χ4v) is 1.50. The summed E-state index contributed by atoms with van der Waals surface area (Å²) in [4.78, 5) is 14.2. The molecule has 0 bridgehead atoms. The van der Waals surface area contributed by atoms with E-state index in [0.29, 0.717) is 5.56 Å². The number of hydrogen-bond donors (Lipinski definition) is 1. The van der Waals surface area contributed by atoms with Crippen LogP contribution in [0.1, 0.15) is 0 Å². The number of pyridine rings is 1. The van der Waals surface area contributed by atoms with Crippen LogP contribution >= 0.6 is 0 Å². The van der Waals surface area contributed by atoms with Gasteiger partial charge in [-0.25, -0.2) is 0 Å². The molecule has 1 heterocycles. The van der Waals surface area contributed by atoms with E-state index in [4.69, 9.17) is 0 Å². The second-order valence-electron chi connectivity index (χ2n) is 3.50. The highest BCUT2D eigenvalue weighted by molar-refractivity contribution is 5.63. The van der Waals surface area contributed by atoms with E-state index in [1.165, 1.54) is 36.7 Å². The van der Waals surface area contributed by atoms with E-state index in [1.807, 2.05) is 0 Å². The van der Waals surface area contributed by atoms with Crippen LogP contribution in [0.5, 0.6) is 5.75 Å². The van der Waals surface area contributed by atoms with Gasteiger partial charge < -0.3 is 9.72 Å². The van der Waals surface area contributed by atoms with Crippen LogP contribution in [0.15, 0.2) is 47.5 Å². The lowest BCUT2D eigenvalue weighted by Crippen LogP contribution is -2.17. The molecule has 2 aromatic rings. The molecule has 94 valence electrons. The Labute approximate surface area is 99.8 Å². The second-order valence-corrected chi connectivity index (χ2v) is 3.50. The van der Waals surface area contributed by atoms with Crippen molar-refractivity contribution in [3.8, 4) is 16.9 Å². The minimum absolute atomic E-state index is 0.280. The molecular formula is C12H8F3NO2. The molecule has 6 heteroatoms. The SMILES string of the molecule is O=c1cc[nH]cc1-c1cccc(OC(F)(F)F)c1. The zero-order valence-electron chi connectivity index (χ0n) is 8.99. The predicted octanol–water partition coefficient (Wildman–Crippen LogP) is 2.94. The van der Waals surface area contributed by atoms with Gasteiger partial charge in [0.25, 0.3) is 0 Å². The van der Waals surface area contributed by atoms with Gasteiger partial charge in [0, 0.05) is 24.0 Å². The normalized spacial score (nSPS) is 11.3. The maximum atomic E-state index is 12.1. The first kappa shape index (κ1) is 12.2. The van der Waals surface area contributed by atoms with E-state index in [-0.39, 0.29) is 16.7 Å². The van der Waals surface area contributed by atoms with Crippen LogP contribution in [0.25, 0.3) is 11.1 Å². The van der Waals surface area contributed by atoms with Gasteiger partial charge in [-0.1, -0.05) is 12.1 Å². The largest absolute Gasteiger partial charge is 0.573 e. The molecule has 1 aromatic heterocycles. The Bertz CT molecular complexity index is 605. The summed E-state index contributed by atoms with van der Waals surface area (Å²) in [5, 5.41) is 0. The lowest BCUT2D eigenvalue weighted by atomic mass is 10.1. The molecule has 0 saturated heterocycles. The Kier molecular flexibility index (Phi) is 3.10. The highest BCUT2D eigenvalue weighted by Gasteiger charge is 2.31. The fourth-order valence-electron chi connectivity index (χ4n) is 1.50. The number of hydrogen-bond acceptors (Lipinski definition) is 2. The number of aromatic nitrogens is 1. The number of halogens is 3.